The number of hydrogen-bond donors (Lipinski definition) is 3. The van der Waals surface area contributed by atoms with Crippen LogP contribution in [0.5, 0.6) is 11.5 Å². The van der Waals surface area contributed by atoms with E-state index in [2.05, 4.69) is 15.5 Å². The van der Waals surface area contributed by atoms with E-state index in [1.54, 1.807) is 19.2 Å². The van der Waals surface area contributed by atoms with Crippen molar-refractivity contribution < 1.29 is 28.8 Å². The van der Waals surface area contributed by atoms with Gasteiger partial charge in [-0.05, 0) is 79.0 Å². The Bertz CT molecular complexity index is 1530. The number of carbonyl (C=O) groups is 1. The maximum atomic E-state index is 12.7. The molecule has 4 aromatic carbocycles. The largest absolute Gasteiger partial charge is 0.457 e. The second-order valence-electron chi connectivity index (χ2n) is 11.7. The molecule has 240 valence electrons. The molecular formula is C37H41N3O6. The fourth-order valence-corrected chi connectivity index (χ4v) is 6.06. The highest BCUT2D eigenvalue weighted by Gasteiger charge is 2.35. The number of nitrogens with zero attached hydrogens (tertiary/aromatic N) is 1. The van der Waals surface area contributed by atoms with Crippen LogP contribution in [0.15, 0.2) is 103 Å². The number of carbonyl (C=O) groups excluding carboxylic acids is 1. The number of nitrogens with one attached hydrogen (secondary N) is 2. The maximum absolute atomic E-state index is 12.7. The van der Waals surface area contributed by atoms with Gasteiger partial charge in [0.25, 0.3) is 0 Å². The molecule has 3 N–H and O–H groups in total. The zero-order valence-electron chi connectivity index (χ0n) is 26.0. The number of para-hydroxylation sites is 1. The molecular weight excluding hydrogens is 582 g/mol. The molecule has 0 bridgehead atoms. The van der Waals surface area contributed by atoms with E-state index in [0.717, 1.165) is 54.8 Å². The lowest BCUT2D eigenvalue weighted by Crippen LogP contribution is -2.42. The van der Waals surface area contributed by atoms with Crippen LogP contribution in [-0.2, 0) is 20.8 Å². The Morgan fingerprint density at radius 2 is 1.50 bits per heavy atom. The highest BCUT2D eigenvalue weighted by molar-refractivity contribution is 5.99. The van der Waals surface area contributed by atoms with E-state index in [4.69, 9.17) is 18.9 Å². The van der Waals surface area contributed by atoms with Crippen LogP contribution in [0.25, 0.3) is 0 Å². The molecule has 2 amide bonds. The van der Waals surface area contributed by atoms with Gasteiger partial charge >= 0.3 is 6.03 Å². The molecule has 4 atom stereocenters. The lowest BCUT2D eigenvalue weighted by molar-refractivity contribution is -0.253. The summed E-state index contributed by atoms with van der Waals surface area (Å²) >= 11 is 0. The lowest BCUT2D eigenvalue weighted by Gasteiger charge is -2.38. The van der Waals surface area contributed by atoms with Gasteiger partial charge in [0.1, 0.15) is 11.5 Å². The highest BCUT2D eigenvalue weighted by Crippen LogP contribution is 2.39. The minimum absolute atomic E-state index is 0.00438. The number of aliphatic hydroxyl groups excluding tert-OH is 1. The van der Waals surface area contributed by atoms with Crippen molar-refractivity contribution in [1.29, 1.82) is 0 Å². The Morgan fingerprint density at radius 1 is 0.848 bits per heavy atom. The fourth-order valence-electron chi connectivity index (χ4n) is 6.06. The third-order valence-corrected chi connectivity index (χ3v) is 8.44. The number of benzene rings is 4. The molecule has 0 aliphatic carbocycles. The van der Waals surface area contributed by atoms with E-state index in [1.165, 1.54) is 0 Å². The molecule has 0 aromatic heterocycles. The summed E-state index contributed by atoms with van der Waals surface area (Å²) in [6.45, 7) is 2.56. The van der Waals surface area contributed by atoms with Gasteiger partial charge in [0, 0.05) is 43.1 Å². The summed E-state index contributed by atoms with van der Waals surface area (Å²) < 4.78 is 24.4. The standard InChI is InChI=1S/C37H41N3O6/c1-43-25-31-6-5-21-40(31)23-34-22-35(27-11-9-26(24-41)10-12-27)46-36(45-34)28-13-15-29(16-14-28)38-37(42)39-30-17-19-33(20-18-30)44-32-7-3-2-4-8-32/h2-4,7-20,31,34-36,41H,5-6,21-25H2,1H3,(H2,38,39,42). The maximum Gasteiger partial charge on any atom is 0.323 e. The lowest BCUT2D eigenvalue weighted by atomic mass is 9.99. The first-order valence-electron chi connectivity index (χ1n) is 15.8. The summed E-state index contributed by atoms with van der Waals surface area (Å²) in [6, 6.07) is 32.3. The number of hydrogen-bond acceptors (Lipinski definition) is 7. The number of ether oxygens (including phenoxy) is 4. The number of anilines is 2. The van der Waals surface area contributed by atoms with E-state index in [1.807, 2.05) is 91.0 Å². The van der Waals surface area contributed by atoms with Gasteiger partial charge in [-0.15, -0.1) is 0 Å². The summed E-state index contributed by atoms with van der Waals surface area (Å²) in [4.78, 5) is 15.2. The summed E-state index contributed by atoms with van der Waals surface area (Å²) in [7, 11) is 1.76. The molecule has 6 rings (SSSR count). The zero-order valence-corrected chi connectivity index (χ0v) is 26.0. The van der Waals surface area contributed by atoms with Crippen molar-refractivity contribution in [1.82, 2.24) is 4.90 Å². The van der Waals surface area contributed by atoms with Crippen molar-refractivity contribution in [3.05, 3.63) is 120 Å². The van der Waals surface area contributed by atoms with Crippen molar-refractivity contribution >= 4 is 17.4 Å². The van der Waals surface area contributed by atoms with E-state index in [9.17, 15) is 9.90 Å². The van der Waals surface area contributed by atoms with Crippen LogP contribution >= 0.6 is 0 Å². The molecule has 2 heterocycles. The Balaban J connectivity index is 1.09. The number of amides is 2. The van der Waals surface area contributed by atoms with E-state index >= 15 is 0 Å². The van der Waals surface area contributed by atoms with Gasteiger partial charge < -0.3 is 34.7 Å². The smallest absolute Gasteiger partial charge is 0.323 e. The molecule has 46 heavy (non-hydrogen) atoms. The predicted octanol–water partition coefficient (Wildman–Crippen LogP) is 7.27. The van der Waals surface area contributed by atoms with Gasteiger partial charge in [0.2, 0.25) is 0 Å². The van der Waals surface area contributed by atoms with Gasteiger partial charge in [-0.1, -0.05) is 54.6 Å². The third kappa shape index (κ3) is 8.31. The van der Waals surface area contributed by atoms with Gasteiger partial charge in [0.15, 0.2) is 6.29 Å². The van der Waals surface area contributed by atoms with Crippen LogP contribution in [-0.4, -0.2) is 55.0 Å². The Labute approximate surface area is 270 Å². The summed E-state index contributed by atoms with van der Waals surface area (Å²) in [5, 5.41) is 15.3. The Hall–Kier alpha value is -4.25. The fraction of sp³-hybridized carbons (Fsp3) is 0.324. The Kier molecular flexibility index (Phi) is 10.6. The van der Waals surface area contributed by atoms with Crippen LogP contribution in [0.3, 0.4) is 0 Å². The molecule has 2 aliphatic rings. The summed E-state index contributed by atoms with van der Waals surface area (Å²) in [5.74, 6) is 1.43. The monoisotopic (exact) mass is 623 g/mol. The predicted molar refractivity (Wildman–Crippen MR) is 177 cm³/mol. The molecule has 2 fully saturated rings. The third-order valence-electron chi connectivity index (χ3n) is 8.44. The van der Waals surface area contributed by atoms with Crippen molar-refractivity contribution in [2.24, 2.45) is 0 Å². The molecule has 4 unspecified atom stereocenters. The van der Waals surface area contributed by atoms with Gasteiger partial charge in [0.05, 0.1) is 25.4 Å². The molecule has 9 nitrogen and oxygen atoms in total. The number of likely N-dealkylation sites (tertiary alicyclic amines) is 1. The van der Waals surface area contributed by atoms with Crippen LogP contribution in [0.1, 0.15) is 48.3 Å². The number of urea groups is 1. The molecule has 9 heteroatoms. The van der Waals surface area contributed by atoms with Crippen molar-refractivity contribution in [3.8, 4) is 11.5 Å². The van der Waals surface area contributed by atoms with Crippen molar-refractivity contribution in [2.45, 2.75) is 50.4 Å². The van der Waals surface area contributed by atoms with Crippen LogP contribution in [0.2, 0.25) is 0 Å². The van der Waals surface area contributed by atoms with Gasteiger partial charge in [-0.3, -0.25) is 4.90 Å². The average molecular weight is 624 g/mol. The normalized spacial score (nSPS) is 21.5. The van der Waals surface area contributed by atoms with E-state index in [-0.39, 0.29) is 24.8 Å². The number of aliphatic hydroxyl groups is 1. The molecule has 0 spiro atoms. The van der Waals surface area contributed by atoms with Crippen LogP contribution in [0.4, 0.5) is 16.2 Å². The number of rotatable bonds is 11. The van der Waals surface area contributed by atoms with Gasteiger partial charge in [-0.25, -0.2) is 4.79 Å². The Morgan fingerprint density at radius 3 is 2.17 bits per heavy atom. The topological polar surface area (TPSA) is 102 Å². The SMILES string of the molecule is COCC1CCCN1CC1CC(c2ccc(CO)cc2)OC(c2ccc(NC(=O)Nc3ccc(Oc4ccccc4)cc3)cc2)O1. The van der Waals surface area contributed by atoms with Crippen LogP contribution < -0.4 is 15.4 Å². The van der Waals surface area contributed by atoms with E-state index in [0.29, 0.717) is 29.8 Å². The van der Waals surface area contributed by atoms with Crippen LogP contribution in [0, 0.1) is 0 Å². The highest BCUT2D eigenvalue weighted by atomic mass is 16.7. The second kappa shape index (κ2) is 15.4. The van der Waals surface area contributed by atoms with Crippen molar-refractivity contribution in [3.63, 3.8) is 0 Å². The quantitative estimate of drug-likeness (QED) is 0.162. The average Bonchev–Trinajstić information content (AvgIpc) is 3.52. The van der Waals surface area contributed by atoms with Crippen molar-refractivity contribution in [2.75, 3.05) is 37.4 Å². The molecule has 2 aliphatic heterocycles. The van der Waals surface area contributed by atoms with E-state index < -0.39 is 6.29 Å². The van der Waals surface area contributed by atoms with Gasteiger partial charge in [-0.2, -0.15) is 0 Å². The second-order valence-corrected chi connectivity index (χ2v) is 11.7. The summed E-state index contributed by atoms with van der Waals surface area (Å²) in [5.41, 5.74) is 4.09. The minimum Gasteiger partial charge on any atom is -0.457 e. The minimum atomic E-state index is -0.566. The molecule has 0 saturated carbocycles. The summed E-state index contributed by atoms with van der Waals surface area (Å²) in [6.07, 6.45) is 2.25. The first-order chi connectivity index (χ1) is 22.6. The first-order valence-corrected chi connectivity index (χ1v) is 15.8. The molecule has 2 saturated heterocycles. The number of methoxy groups -OCH3 is 1. The zero-order chi connectivity index (χ0) is 31.7. The molecule has 0 radical (unpaired) electrons. The molecule has 4 aromatic rings. The first kappa shape index (κ1) is 31.7.